The lowest BCUT2D eigenvalue weighted by Crippen LogP contribution is -2.32. The first kappa shape index (κ1) is 19.5. The Morgan fingerprint density at radius 1 is 0.833 bits per heavy atom. The minimum Gasteiger partial charge on any atom is -0.495 e. The van der Waals surface area contributed by atoms with Gasteiger partial charge in [-0.3, -0.25) is 9.59 Å². The lowest BCUT2D eigenvalue weighted by atomic mass is 10.0. The fraction of sp³-hybridized carbons (Fsp3) is 0.120. The van der Waals surface area contributed by atoms with Gasteiger partial charge in [0.2, 0.25) is 0 Å². The molecule has 150 valence electrons. The molecular weight excluding hydrogens is 376 g/mol. The first-order chi connectivity index (χ1) is 14.5. The number of nitrogens with zero attached hydrogens (tertiary/aromatic N) is 1. The second kappa shape index (κ2) is 7.87. The van der Waals surface area contributed by atoms with Gasteiger partial charge in [0.05, 0.1) is 18.4 Å². The van der Waals surface area contributed by atoms with Gasteiger partial charge in [0.25, 0.3) is 11.8 Å². The summed E-state index contributed by atoms with van der Waals surface area (Å²) in [4.78, 5) is 28.1. The van der Waals surface area contributed by atoms with E-state index in [1.807, 2.05) is 62.4 Å². The number of anilines is 2. The number of methoxy groups -OCH3 is 1. The summed E-state index contributed by atoms with van der Waals surface area (Å²) in [5, 5.41) is 3.23. The molecule has 0 saturated heterocycles. The molecular formula is C25H22N2O3. The molecule has 0 bridgehead atoms. The molecule has 4 rings (SSSR count). The first-order valence-electron chi connectivity index (χ1n) is 9.67. The van der Waals surface area contributed by atoms with Gasteiger partial charge in [-0.25, -0.2) is 4.90 Å². The van der Waals surface area contributed by atoms with Crippen molar-refractivity contribution in [2.45, 2.75) is 13.8 Å². The van der Waals surface area contributed by atoms with Crippen LogP contribution in [-0.2, 0) is 9.59 Å². The summed E-state index contributed by atoms with van der Waals surface area (Å²) in [6.07, 6.45) is 0. The third-order valence-corrected chi connectivity index (χ3v) is 5.11. The van der Waals surface area contributed by atoms with Crippen LogP contribution in [0.2, 0.25) is 0 Å². The van der Waals surface area contributed by atoms with Crippen LogP contribution in [0.1, 0.15) is 16.7 Å². The SMILES string of the molecule is COc1ccccc1N1C(=O)C(Nc2ccc(C)cc2C)=C(c2ccccc2)C1=O. The van der Waals surface area contributed by atoms with Gasteiger partial charge in [0.1, 0.15) is 11.4 Å². The lowest BCUT2D eigenvalue weighted by Gasteiger charge is -2.18. The van der Waals surface area contributed by atoms with Gasteiger partial charge in [0, 0.05) is 5.69 Å². The molecule has 1 aliphatic rings. The Kier molecular flexibility index (Phi) is 5.11. The molecule has 0 spiro atoms. The normalized spacial score (nSPS) is 13.8. The van der Waals surface area contributed by atoms with Crippen molar-refractivity contribution in [2.24, 2.45) is 0 Å². The van der Waals surface area contributed by atoms with E-state index in [4.69, 9.17) is 4.74 Å². The smallest absolute Gasteiger partial charge is 0.282 e. The van der Waals surface area contributed by atoms with Crippen LogP contribution in [0.25, 0.3) is 5.57 Å². The van der Waals surface area contributed by atoms with Gasteiger partial charge in [-0.15, -0.1) is 0 Å². The average molecular weight is 398 g/mol. The van der Waals surface area contributed by atoms with E-state index in [2.05, 4.69) is 5.32 Å². The molecule has 3 aromatic carbocycles. The molecule has 1 heterocycles. The number of rotatable bonds is 5. The predicted molar refractivity (Wildman–Crippen MR) is 118 cm³/mol. The van der Waals surface area contributed by atoms with E-state index < -0.39 is 5.91 Å². The third-order valence-electron chi connectivity index (χ3n) is 5.11. The van der Waals surface area contributed by atoms with E-state index in [1.54, 1.807) is 24.3 Å². The zero-order valence-corrected chi connectivity index (χ0v) is 17.1. The van der Waals surface area contributed by atoms with Crippen molar-refractivity contribution >= 4 is 28.8 Å². The van der Waals surface area contributed by atoms with E-state index in [0.29, 0.717) is 22.6 Å². The van der Waals surface area contributed by atoms with Crippen molar-refractivity contribution in [3.8, 4) is 5.75 Å². The highest BCUT2D eigenvalue weighted by atomic mass is 16.5. The number of ether oxygens (including phenoxy) is 1. The maximum absolute atomic E-state index is 13.5. The zero-order chi connectivity index (χ0) is 21.3. The molecule has 0 atom stereocenters. The van der Waals surface area contributed by atoms with E-state index in [0.717, 1.165) is 16.8 Å². The second-order valence-electron chi connectivity index (χ2n) is 7.18. The molecule has 2 amide bonds. The number of amides is 2. The van der Waals surface area contributed by atoms with E-state index in [-0.39, 0.29) is 11.6 Å². The number of para-hydroxylation sites is 2. The summed E-state index contributed by atoms with van der Waals surface area (Å²) in [7, 11) is 1.52. The fourth-order valence-corrected chi connectivity index (χ4v) is 3.64. The highest BCUT2D eigenvalue weighted by Gasteiger charge is 2.41. The van der Waals surface area contributed by atoms with Crippen molar-refractivity contribution < 1.29 is 14.3 Å². The van der Waals surface area contributed by atoms with Crippen LogP contribution in [0.4, 0.5) is 11.4 Å². The van der Waals surface area contributed by atoms with Crippen molar-refractivity contribution in [1.82, 2.24) is 0 Å². The van der Waals surface area contributed by atoms with Gasteiger partial charge in [-0.05, 0) is 43.2 Å². The Morgan fingerprint density at radius 2 is 1.53 bits per heavy atom. The first-order valence-corrected chi connectivity index (χ1v) is 9.67. The number of carbonyl (C=O) groups excluding carboxylic acids is 2. The van der Waals surface area contributed by atoms with E-state index in [1.165, 1.54) is 12.0 Å². The maximum atomic E-state index is 13.5. The Labute approximate surface area is 175 Å². The van der Waals surface area contributed by atoms with Crippen molar-refractivity contribution in [3.63, 3.8) is 0 Å². The Morgan fingerprint density at radius 3 is 2.23 bits per heavy atom. The molecule has 0 radical (unpaired) electrons. The number of benzene rings is 3. The highest BCUT2D eigenvalue weighted by Crippen LogP contribution is 2.37. The molecule has 3 aromatic rings. The van der Waals surface area contributed by atoms with Crippen molar-refractivity contribution in [3.05, 3.63) is 95.2 Å². The molecule has 0 fully saturated rings. The van der Waals surface area contributed by atoms with Crippen LogP contribution in [0.15, 0.2) is 78.5 Å². The summed E-state index contributed by atoms with van der Waals surface area (Å²) in [6.45, 7) is 3.98. The minimum absolute atomic E-state index is 0.254. The summed E-state index contributed by atoms with van der Waals surface area (Å²) >= 11 is 0. The molecule has 30 heavy (non-hydrogen) atoms. The summed E-state index contributed by atoms with van der Waals surface area (Å²) < 4.78 is 5.40. The number of imide groups is 1. The summed E-state index contributed by atoms with van der Waals surface area (Å²) in [5.41, 5.74) is 4.59. The Bertz CT molecular complexity index is 1170. The third kappa shape index (κ3) is 3.35. The lowest BCUT2D eigenvalue weighted by molar-refractivity contribution is -0.120. The van der Waals surface area contributed by atoms with Crippen LogP contribution >= 0.6 is 0 Å². The molecule has 1 aliphatic heterocycles. The molecule has 0 unspecified atom stereocenters. The van der Waals surface area contributed by atoms with E-state index in [9.17, 15) is 9.59 Å². The molecule has 1 N–H and O–H groups in total. The number of carbonyl (C=O) groups is 2. The van der Waals surface area contributed by atoms with Crippen LogP contribution in [0.5, 0.6) is 5.75 Å². The van der Waals surface area contributed by atoms with Gasteiger partial charge < -0.3 is 10.1 Å². The van der Waals surface area contributed by atoms with Gasteiger partial charge in [0.15, 0.2) is 0 Å². The Balaban J connectivity index is 1.85. The number of nitrogens with one attached hydrogen (secondary N) is 1. The number of hydrogen-bond acceptors (Lipinski definition) is 4. The molecule has 5 heteroatoms. The van der Waals surface area contributed by atoms with Crippen molar-refractivity contribution in [2.75, 3.05) is 17.3 Å². The van der Waals surface area contributed by atoms with Gasteiger partial charge >= 0.3 is 0 Å². The molecule has 0 aromatic heterocycles. The number of hydrogen-bond donors (Lipinski definition) is 1. The van der Waals surface area contributed by atoms with Crippen molar-refractivity contribution in [1.29, 1.82) is 0 Å². The zero-order valence-electron chi connectivity index (χ0n) is 17.1. The molecule has 0 saturated carbocycles. The van der Waals surface area contributed by atoms with Crippen LogP contribution in [-0.4, -0.2) is 18.9 Å². The second-order valence-corrected chi connectivity index (χ2v) is 7.18. The Hall–Kier alpha value is -3.86. The minimum atomic E-state index is -0.414. The summed E-state index contributed by atoms with van der Waals surface area (Å²) in [5.74, 6) is -0.342. The monoisotopic (exact) mass is 398 g/mol. The largest absolute Gasteiger partial charge is 0.495 e. The highest BCUT2D eigenvalue weighted by molar-refractivity contribution is 6.46. The van der Waals surface area contributed by atoms with Crippen LogP contribution < -0.4 is 15.0 Å². The maximum Gasteiger partial charge on any atom is 0.282 e. The topological polar surface area (TPSA) is 58.6 Å². The number of aryl methyl sites for hydroxylation is 2. The van der Waals surface area contributed by atoms with Crippen LogP contribution in [0, 0.1) is 13.8 Å². The van der Waals surface area contributed by atoms with E-state index >= 15 is 0 Å². The fourth-order valence-electron chi connectivity index (χ4n) is 3.64. The average Bonchev–Trinajstić information content (AvgIpc) is 3.00. The predicted octanol–water partition coefficient (Wildman–Crippen LogP) is 4.71. The standard InChI is InChI=1S/C25H22N2O3/c1-16-13-14-19(17(2)15-16)26-23-22(18-9-5-4-6-10-18)24(28)27(25(23)29)20-11-7-8-12-21(20)30-3/h4-15,26H,1-3H3. The molecule has 0 aliphatic carbocycles. The summed E-state index contributed by atoms with van der Waals surface area (Å²) in [6, 6.07) is 22.2. The van der Waals surface area contributed by atoms with Gasteiger partial charge in [-0.1, -0.05) is 60.2 Å². The van der Waals surface area contributed by atoms with Gasteiger partial charge in [-0.2, -0.15) is 0 Å². The quantitative estimate of drug-likeness (QED) is 0.633. The van der Waals surface area contributed by atoms with Crippen LogP contribution in [0.3, 0.4) is 0 Å². The molecule has 5 nitrogen and oxygen atoms in total.